The highest BCUT2D eigenvalue weighted by molar-refractivity contribution is 6.22. The van der Waals surface area contributed by atoms with Gasteiger partial charge in [0, 0.05) is 50.5 Å². The zero-order valence-electron chi connectivity index (χ0n) is 19.5. The molecular weight excluding hydrogens is 444 g/mol. The van der Waals surface area contributed by atoms with Crippen LogP contribution in [0.15, 0.2) is 58.3 Å². The highest BCUT2D eigenvalue weighted by atomic mass is 16.5. The zero-order valence-corrected chi connectivity index (χ0v) is 19.5. The highest BCUT2D eigenvalue weighted by Gasteiger charge is 2.42. The number of piperazine rings is 1. The molecule has 2 aromatic carbocycles. The number of ether oxygens (including phenoxy) is 1. The van der Waals surface area contributed by atoms with Crippen LogP contribution in [0.5, 0.6) is 0 Å². The molecule has 35 heavy (non-hydrogen) atoms. The summed E-state index contributed by atoms with van der Waals surface area (Å²) >= 11 is 0. The second-order valence-corrected chi connectivity index (χ2v) is 9.20. The second kappa shape index (κ2) is 9.33. The van der Waals surface area contributed by atoms with Gasteiger partial charge in [-0.25, -0.2) is 0 Å². The normalized spacial score (nSPS) is 21.9. The van der Waals surface area contributed by atoms with Gasteiger partial charge in [-0.1, -0.05) is 24.3 Å². The van der Waals surface area contributed by atoms with E-state index in [1.807, 2.05) is 24.3 Å². The fourth-order valence-electron chi connectivity index (χ4n) is 5.21. The summed E-state index contributed by atoms with van der Waals surface area (Å²) in [6.45, 7) is 6.90. The zero-order chi connectivity index (χ0) is 23.8. The van der Waals surface area contributed by atoms with Gasteiger partial charge in [0.2, 0.25) is 5.91 Å². The van der Waals surface area contributed by atoms with Crippen molar-refractivity contribution < 1.29 is 14.3 Å². The molecule has 2 saturated heterocycles. The molecule has 0 bridgehead atoms. The van der Waals surface area contributed by atoms with Crippen molar-refractivity contribution in [2.24, 2.45) is 10.2 Å². The van der Waals surface area contributed by atoms with Crippen molar-refractivity contribution in [1.82, 2.24) is 10.2 Å². The molecule has 0 saturated carbocycles. The fraction of sp³-hybridized carbons (Fsp3) is 0.385. The molecule has 9 nitrogen and oxygen atoms in total. The minimum atomic E-state index is -0.420. The van der Waals surface area contributed by atoms with Crippen LogP contribution in [0, 0.1) is 0 Å². The number of Topliss-reactive ketones (excluding diaryl/α,β-unsaturated/α-hetero) is 1. The van der Waals surface area contributed by atoms with Crippen molar-refractivity contribution in [2.45, 2.75) is 6.04 Å². The van der Waals surface area contributed by atoms with Gasteiger partial charge in [0.05, 0.1) is 36.6 Å². The molecule has 3 heterocycles. The molecule has 0 spiro atoms. The number of benzene rings is 2. The van der Waals surface area contributed by atoms with E-state index in [1.54, 1.807) is 6.07 Å². The molecule has 180 valence electrons. The molecule has 1 atom stereocenters. The van der Waals surface area contributed by atoms with Gasteiger partial charge in [0.15, 0.2) is 5.78 Å². The number of ketones is 1. The van der Waals surface area contributed by atoms with Crippen LogP contribution in [0.4, 0.5) is 11.4 Å². The Labute approximate surface area is 203 Å². The number of carbonyl (C=O) groups is 2. The molecule has 4 aliphatic rings. The third-order valence-corrected chi connectivity index (χ3v) is 7.03. The molecule has 1 aliphatic carbocycles. The third kappa shape index (κ3) is 4.16. The van der Waals surface area contributed by atoms with Crippen molar-refractivity contribution in [1.29, 1.82) is 0 Å². The molecule has 6 rings (SSSR count). The first-order valence-corrected chi connectivity index (χ1v) is 12.2. The van der Waals surface area contributed by atoms with E-state index in [9.17, 15) is 9.59 Å². The van der Waals surface area contributed by atoms with E-state index in [0.717, 1.165) is 50.4 Å². The number of hydrogen-bond acceptors (Lipinski definition) is 8. The van der Waals surface area contributed by atoms with Gasteiger partial charge < -0.3 is 20.3 Å². The minimum absolute atomic E-state index is 0.113. The average molecular weight is 473 g/mol. The molecule has 1 unspecified atom stereocenters. The first-order chi connectivity index (χ1) is 17.2. The van der Waals surface area contributed by atoms with Gasteiger partial charge in [-0.05, 0) is 23.8 Å². The van der Waals surface area contributed by atoms with Crippen molar-refractivity contribution in [3.8, 4) is 0 Å². The van der Waals surface area contributed by atoms with Crippen LogP contribution in [-0.2, 0) is 9.53 Å². The number of nitrogens with one attached hydrogen (secondary N) is 2. The summed E-state index contributed by atoms with van der Waals surface area (Å²) in [5, 5.41) is 15.2. The number of carbonyl (C=O) groups excluding carboxylic acids is 2. The monoisotopic (exact) mass is 472 g/mol. The van der Waals surface area contributed by atoms with Gasteiger partial charge in [-0.15, -0.1) is 0 Å². The topological polar surface area (TPSA) is 98.6 Å². The van der Waals surface area contributed by atoms with Crippen LogP contribution in [0.1, 0.15) is 27.5 Å². The summed E-state index contributed by atoms with van der Waals surface area (Å²) in [6, 6.07) is 13.3. The maximum atomic E-state index is 13.6. The molecule has 0 aromatic heterocycles. The Morgan fingerprint density at radius 3 is 2.60 bits per heavy atom. The lowest BCUT2D eigenvalue weighted by molar-refractivity contribution is -0.118. The highest BCUT2D eigenvalue weighted by Crippen LogP contribution is 2.49. The molecular formula is C26H28N6O3. The summed E-state index contributed by atoms with van der Waals surface area (Å²) in [5.41, 5.74) is 5.11. The van der Waals surface area contributed by atoms with Gasteiger partial charge in [-0.3, -0.25) is 14.5 Å². The van der Waals surface area contributed by atoms with E-state index in [4.69, 9.17) is 4.74 Å². The number of azo groups is 1. The lowest BCUT2D eigenvalue weighted by atomic mass is 10.0. The van der Waals surface area contributed by atoms with Gasteiger partial charge in [0.1, 0.15) is 11.7 Å². The number of amides is 1. The third-order valence-electron chi connectivity index (χ3n) is 7.03. The second-order valence-electron chi connectivity index (χ2n) is 9.20. The van der Waals surface area contributed by atoms with Crippen molar-refractivity contribution in [2.75, 3.05) is 69.2 Å². The van der Waals surface area contributed by atoms with Gasteiger partial charge >= 0.3 is 0 Å². The lowest BCUT2D eigenvalue weighted by Gasteiger charge is -2.29. The SMILES string of the molecule is O=C(CN1CCOCC1)Nc1cccc2c1C(=O)C1=C(c3ccc(N4CCNCC4)cc3)N=NC12. The lowest BCUT2D eigenvalue weighted by Crippen LogP contribution is -2.43. The van der Waals surface area contributed by atoms with Crippen molar-refractivity contribution >= 4 is 28.8 Å². The summed E-state index contributed by atoms with van der Waals surface area (Å²) < 4.78 is 5.35. The number of morpholine rings is 1. The van der Waals surface area contributed by atoms with Crippen LogP contribution in [-0.4, -0.2) is 75.6 Å². The number of rotatable bonds is 5. The molecule has 3 aliphatic heterocycles. The predicted octanol–water partition coefficient (Wildman–Crippen LogP) is 2.48. The number of nitrogens with zero attached hydrogens (tertiary/aromatic N) is 4. The maximum Gasteiger partial charge on any atom is 0.238 e. The van der Waals surface area contributed by atoms with Crippen molar-refractivity contribution in [3.05, 3.63) is 64.7 Å². The Balaban J connectivity index is 1.24. The first-order valence-electron chi connectivity index (χ1n) is 12.2. The molecule has 9 heteroatoms. The predicted molar refractivity (Wildman–Crippen MR) is 133 cm³/mol. The Hall–Kier alpha value is -3.40. The Morgan fingerprint density at radius 1 is 1.06 bits per heavy atom. The number of anilines is 2. The summed E-state index contributed by atoms with van der Waals surface area (Å²) in [7, 11) is 0. The Kier molecular flexibility index (Phi) is 5.89. The van der Waals surface area contributed by atoms with E-state index in [-0.39, 0.29) is 18.2 Å². The molecule has 2 aromatic rings. The van der Waals surface area contributed by atoms with Crippen LogP contribution in [0.2, 0.25) is 0 Å². The Bertz CT molecular complexity index is 1210. The standard InChI is InChI=1S/C26H28N6O3/c33-21(16-31-12-14-35-15-13-31)28-20-3-1-2-19-22(20)26(34)23-24(29-30-25(19)23)17-4-6-18(7-5-17)32-10-8-27-9-11-32/h1-7,25,27H,8-16H2,(H,28,33). The average Bonchev–Trinajstić information content (AvgIpc) is 3.45. The Morgan fingerprint density at radius 2 is 1.83 bits per heavy atom. The molecule has 2 N–H and O–H groups in total. The maximum absolute atomic E-state index is 13.6. The quantitative estimate of drug-likeness (QED) is 0.694. The first kappa shape index (κ1) is 22.1. The minimum Gasteiger partial charge on any atom is -0.379 e. The van der Waals surface area contributed by atoms with E-state index in [2.05, 4.69) is 42.8 Å². The summed E-state index contributed by atoms with van der Waals surface area (Å²) in [5.74, 6) is -0.247. The summed E-state index contributed by atoms with van der Waals surface area (Å²) in [4.78, 5) is 30.7. The van der Waals surface area contributed by atoms with Crippen LogP contribution >= 0.6 is 0 Å². The van der Waals surface area contributed by atoms with E-state index in [1.165, 1.54) is 5.69 Å². The number of hydrogen-bond donors (Lipinski definition) is 2. The number of fused-ring (bicyclic) bond motifs is 3. The van der Waals surface area contributed by atoms with Crippen molar-refractivity contribution in [3.63, 3.8) is 0 Å². The van der Waals surface area contributed by atoms with Crippen LogP contribution < -0.4 is 15.5 Å². The van der Waals surface area contributed by atoms with E-state index < -0.39 is 6.04 Å². The van der Waals surface area contributed by atoms with Crippen LogP contribution in [0.3, 0.4) is 0 Å². The van der Waals surface area contributed by atoms with Crippen LogP contribution in [0.25, 0.3) is 5.70 Å². The largest absolute Gasteiger partial charge is 0.379 e. The van der Waals surface area contributed by atoms with E-state index in [0.29, 0.717) is 35.7 Å². The smallest absolute Gasteiger partial charge is 0.238 e. The molecule has 2 fully saturated rings. The molecule has 1 amide bonds. The fourth-order valence-corrected chi connectivity index (χ4v) is 5.21. The van der Waals surface area contributed by atoms with Gasteiger partial charge in [-0.2, -0.15) is 10.2 Å². The summed E-state index contributed by atoms with van der Waals surface area (Å²) in [6.07, 6.45) is 0. The molecule has 0 radical (unpaired) electrons. The van der Waals surface area contributed by atoms with Gasteiger partial charge in [0.25, 0.3) is 0 Å². The van der Waals surface area contributed by atoms with E-state index >= 15 is 0 Å².